The molecule has 122 valence electrons. The number of carbonyl (C=O) groups excluding carboxylic acids is 1. The van der Waals surface area contributed by atoms with Crippen molar-refractivity contribution in [2.45, 2.75) is 6.54 Å². The maximum absolute atomic E-state index is 12.6. The molecular weight excluding hydrogens is 302 g/mol. The van der Waals surface area contributed by atoms with Crippen molar-refractivity contribution in [3.8, 4) is 0 Å². The lowest BCUT2D eigenvalue weighted by Crippen LogP contribution is -2.46. The van der Waals surface area contributed by atoms with E-state index in [0.29, 0.717) is 6.54 Å². The number of piperazine rings is 1. The molecule has 0 aliphatic carbocycles. The van der Waals surface area contributed by atoms with Gasteiger partial charge >= 0.3 is 0 Å². The number of hydrogen-bond donors (Lipinski definition) is 1. The number of para-hydroxylation sites is 1. The zero-order valence-corrected chi connectivity index (χ0v) is 13.4. The van der Waals surface area contributed by atoms with Crippen LogP contribution in [0.25, 0.3) is 11.0 Å². The quantitative estimate of drug-likeness (QED) is 0.794. The minimum atomic E-state index is 0.0989. The van der Waals surface area contributed by atoms with Crippen molar-refractivity contribution in [1.29, 1.82) is 0 Å². The smallest absolute Gasteiger partial charge is 0.253 e. The van der Waals surface area contributed by atoms with Crippen molar-refractivity contribution < 1.29 is 4.79 Å². The lowest BCUT2D eigenvalue weighted by atomic mass is 10.1. The number of carbonyl (C=O) groups is 1. The Labute approximate surface area is 140 Å². The molecule has 1 fully saturated rings. The van der Waals surface area contributed by atoms with E-state index in [4.69, 9.17) is 0 Å². The molecule has 1 N–H and O–H groups in total. The first-order valence-corrected chi connectivity index (χ1v) is 8.18. The van der Waals surface area contributed by atoms with Crippen LogP contribution in [0.3, 0.4) is 0 Å². The molecule has 24 heavy (non-hydrogen) atoms. The largest absolute Gasteiger partial charge is 0.336 e. The average Bonchev–Trinajstić information content (AvgIpc) is 3.05. The summed E-state index contributed by atoms with van der Waals surface area (Å²) in [6.07, 6.45) is 0. The van der Waals surface area contributed by atoms with Gasteiger partial charge in [-0.2, -0.15) is 0 Å². The van der Waals surface area contributed by atoms with Crippen molar-refractivity contribution >= 4 is 16.9 Å². The van der Waals surface area contributed by atoms with Crippen molar-refractivity contribution in [3.63, 3.8) is 0 Å². The lowest BCUT2D eigenvalue weighted by molar-refractivity contribution is 0.0735. The van der Waals surface area contributed by atoms with Crippen LogP contribution in [0.15, 0.2) is 48.5 Å². The van der Waals surface area contributed by atoms with Crippen LogP contribution < -0.4 is 5.32 Å². The van der Waals surface area contributed by atoms with E-state index in [1.807, 2.05) is 58.1 Å². The highest BCUT2D eigenvalue weighted by Gasteiger charge is 2.18. The van der Waals surface area contributed by atoms with E-state index >= 15 is 0 Å². The molecule has 3 aromatic rings. The van der Waals surface area contributed by atoms with E-state index in [2.05, 4.69) is 15.6 Å². The average molecular weight is 321 g/mol. The molecule has 1 amide bonds. The molecule has 6 heteroatoms. The Balaban J connectivity index is 1.57. The van der Waals surface area contributed by atoms with Gasteiger partial charge in [0, 0.05) is 31.7 Å². The summed E-state index contributed by atoms with van der Waals surface area (Å²) in [4.78, 5) is 14.5. The second-order valence-corrected chi connectivity index (χ2v) is 5.98. The molecule has 0 atom stereocenters. The molecule has 2 aromatic carbocycles. The summed E-state index contributed by atoms with van der Waals surface area (Å²) in [7, 11) is 0. The predicted molar refractivity (Wildman–Crippen MR) is 91.8 cm³/mol. The van der Waals surface area contributed by atoms with Gasteiger partial charge in [0.2, 0.25) is 0 Å². The minimum absolute atomic E-state index is 0.0989. The predicted octanol–water partition coefficient (Wildman–Crippen LogP) is 1.52. The second-order valence-electron chi connectivity index (χ2n) is 5.98. The Morgan fingerprint density at radius 3 is 2.79 bits per heavy atom. The first-order valence-electron chi connectivity index (χ1n) is 8.18. The molecule has 6 nitrogen and oxygen atoms in total. The van der Waals surface area contributed by atoms with Gasteiger partial charge in [-0.3, -0.25) is 4.79 Å². The van der Waals surface area contributed by atoms with E-state index in [1.165, 1.54) is 0 Å². The van der Waals surface area contributed by atoms with E-state index in [-0.39, 0.29) is 5.91 Å². The molecular formula is C18H19N5O. The molecule has 0 unspecified atom stereocenters. The first kappa shape index (κ1) is 14.8. The van der Waals surface area contributed by atoms with Crippen LogP contribution in [-0.4, -0.2) is 52.0 Å². The molecule has 1 aliphatic rings. The Morgan fingerprint density at radius 2 is 1.92 bits per heavy atom. The number of nitrogens with one attached hydrogen (secondary N) is 1. The molecule has 2 heterocycles. The van der Waals surface area contributed by atoms with Crippen molar-refractivity contribution in [3.05, 3.63) is 59.7 Å². The topological polar surface area (TPSA) is 63.1 Å². The zero-order chi connectivity index (χ0) is 16.4. The van der Waals surface area contributed by atoms with Crippen LogP contribution in [0.2, 0.25) is 0 Å². The molecule has 1 aliphatic heterocycles. The normalized spacial score (nSPS) is 14.9. The van der Waals surface area contributed by atoms with Crippen LogP contribution in [0.1, 0.15) is 15.9 Å². The molecule has 0 spiro atoms. The van der Waals surface area contributed by atoms with Gasteiger partial charge in [-0.25, -0.2) is 4.68 Å². The Hall–Kier alpha value is -2.73. The van der Waals surface area contributed by atoms with Gasteiger partial charge in [-0.05, 0) is 29.8 Å². The Morgan fingerprint density at radius 1 is 1.08 bits per heavy atom. The highest BCUT2D eigenvalue weighted by atomic mass is 16.2. The standard InChI is InChI=1S/C18H19N5O/c24-18(22-10-8-19-9-11-22)15-5-3-4-14(12-15)13-23-17-7-2-1-6-16(17)20-21-23/h1-7,12,19H,8-11,13H2. The number of amides is 1. The zero-order valence-electron chi connectivity index (χ0n) is 13.4. The van der Waals surface area contributed by atoms with Gasteiger partial charge in [-0.1, -0.05) is 29.5 Å². The van der Waals surface area contributed by atoms with E-state index in [0.717, 1.165) is 48.3 Å². The highest BCUT2D eigenvalue weighted by molar-refractivity contribution is 5.94. The SMILES string of the molecule is O=C(c1cccc(Cn2nnc3ccccc32)c1)N1CCNCC1. The van der Waals surface area contributed by atoms with Gasteiger partial charge in [0.1, 0.15) is 5.52 Å². The number of benzene rings is 2. The highest BCUT2D eigenvalue weighted by Crippen LogP contribution is 2.14. The minimum Gasteiger partial charge on any atom is -0.336 e. The summed E-state index contributed by atoms with van der Waals surface area (Å²) in [6.45, 7) is 3.84. The summed E-state index contributed by atoms with van der Waals surface area (Å²) in [5.41, 5.74) is 3.66. The number of fused-ring (bicyclic) bond motifs is 1. The van der Waals surface area contributed by atoms with Crippen LogP contribution in [0.4, 0.5) is 0 Å². The van der Waals surface area contributed by atoms with E-state index in [9.17, 15) is 4.79 Å². The van der Waals surface area contributed by atoms with Crippen molar-refractivity contribution in [1.82, 2.24) is 25.2 Å². The summed E-state index contributed by atoms with van der Waals surface area (Å²) >= 11 is 0. The first-order chi connectivity index (χ1) is 11.8. The van der Waals surface area contributed by atoms with Crippen LogP contribution >= 0.6 is 0 Å². The molecule has 4 rings (SSSR count). The van der Waals surface area contributed by atoms with Gasteiger partial charge in [0.15, 0.2) is 0 Å². The van der Waals surface area contributed by atoms with Crippen LogP contribution in [-0.2, 0) is 6.54 Å². The summed E-state index contributed by atoms with van der Waals surface area (Å²) in [5.74, 6) is 0.0989. The van der Waals surface area contributed by atoms with E-state index in [1.54, 1.807) is 0 Å². The van der Waals surface area contributed by atoms with Crippen LogP contribution in [0.5, 0.6) is 0 Å². The number of rotatable bonds is 3. The number of hydrogen-bond acceptors (Lipinski definition) is 4. The summed E-state index contributed by atoms with van der Waals surface area (Å²) < 4.78 is 1.86. The third-order valence-corrected chi connectivity index (χ3v) is 4.33. The van der Waals surface area contributed by atoms with Gasteiger partial charge in [0.25, 0.3) is 5.91 Å². The van der Waals surface area contributed by atoms with E-state index < -0.39 is 0 Å². The monoisotopic (exact) mass is 321 g/mol. The molecule has 1 aromatic heterocycles. The summed E-state index contributed by atoms with van der Waals surface area (Å²) in [5, 5.41) is 11.7. The molecule has 0 bridgehead atoms. The second kappa shape index (κ2) is 6.41. The van der Waals surface area contributed by atoms with Crippen molar-refractivity contribution in [2.75, 3.05) is 26.2 Å². The fourth-order valence-corrected chi connectivity index (χ4v) is 3.06. The third-order valence-electron chi connectivity index (χ3n) is 4.33. The maximum atomic E-state index is 12.6. The molecule has 0 radical (unpaired) electrons. The number of nitrogens with zero attached hydrogens (tertiary/aromatic N) is 4. The number of aromatic nitrogens is 3. The fourth-order valence-electron chi connectivity index (χ4n) is 3.06. The summed E-state index contributed by atoms with van der Waals surface area (Å²) in [6, 6.07) is 15.7. The third kappa shape index (κ3) is 2.88. The Kier molecular flexibility index (Phi) is 3.96. The van der Waals surface area contributed by atoms with Gasteiger partial charge < -0.3 is 10.2 Å². The molecule has 1 saturated heterocycles. The van der Waals surface area contributed by atoms with Crippen molar-refractivity contribution in [2.24, 2.45) is 0 Å². The van der Waals surface area contributed by atoms with Gasteiger partial charge in [0.05, 0.1) is 12.1 Å². The fraction of sp³-hybridized carbons (Fsp3) is 0.278. The Bertz CT molecular complexity index is 866. The van der Waals surface area contributed by atoms with Crippen LogP contribution in [0, 0.1) is 0 Å². The lowest BCUT2D eigenvalue weighted by Gasteiger charge is -2.27. The van der Waals surface area contributed by atoms with Gasteiger partial charge in [-0.15, -0.1) is 5.10 Å². The maximum Gasteiger partial charge on any atom is 0.253 e. The molecule has 0 saturated carbocycles.